The molecule has 1 fully saturated rings. The van der Waals surface area contributed by atoms with Gasteiger partial charge in [0.2, 0.25) is 11.8 Å². The molecule has 0 spiro atoms. The maximum Gasteiger partial charge on any atom is 0.404 e. The molecule has 8 nitrogen and oxygen atoms in total. The van der Waals surface area contributed by atoms with Crippen LogP contribution in [-0.4, -0.2) is 45.5 Å². The first-order chi connectivity index (χ1) is 16.1. The molecule has 1 aliphatic rings. The fourth-order valence-electron chi connectivity index (χ4n) is 4.65. The molecule has 0 unspecified atom stereocenters. The zero-order valence-corrected chi connectivity index (χ0v) is 20.4. The van der Waals surface area contributed by atoms with Crippen molar-refractivity contribution >= 4 is 17.9 Å². The highest BCUT2D eigenvalue weighted by Crippen LogP contribution is 2.34. The van der Waals surface area contributed by atoms with Gasteiger partial charge in [0.15, 0.2) is 0 Å². The Morgan fingerprint density at radius 1 is 1.18 bits per heavy atom. The molecule has 1 saturated heterocycles. The Morgan fingerprint density at radius 3 is 2.44 bits per heavy atom. The largest absolute Gasteiger partial charge is 0.465 e. The molecular weight excluding hydrogens is 432 g/mol. The average Bonchev–Trinajstić information content (AvgIpc) is 3.25. The highest BCUT2D eigenvalue weighted by molar-refractivity contribution is 5.89. The number of carbonyl (C=O) groups is 3. The summed E-state index contributed by atoms with van der Waals surface area (Å²) in [5.41, 5.74) is 11.4. The van der Waals surface area contributed by atoms with Crippen molar-refractivity contribution in [2.75, 3.05) is 6.54 Å². The number of benzene rings is 1. The van der Waals surface area contributed by atoms with Crippen molar-refractivity contribution < 1.29 is 19.5 Å². The summed E-state index contributed by atoms with van der Waals surface area (Å²) in [6, 6.07) is 7.39. The van der Waals surface area contributed by atoms with Gasteiger partial charge in [-0.05, 0) is 55.7 Å². The molecule has 1 aromatic heterocycles. The molecule has 34 heavy (non-hydrogen) atoms. The molecule has 0 saturated carbocycles. The van der Waals surface area contributed by atoms with E-state index < -0.39 is 18.0 Å². The summed E-state index contributed by atoms with van der Waals surface area (Å²) in [6.07, 6.45) is 0.936. The summed E-state index contributed by atoms with van der Waals surface area (Å²) >= 11 is 0. The maximum absolute atomic E-state index is 13.3. The van der Waals surface area contributed by atoms with Crippen LogP contribution in [0, 0.1) is 19.8 Å². The molecule has 2 heterocycles. The number of amides is 3. The fraction of sp³-hybridized carbons (Fsp3) is 0.462. The number of hydrogen-bond donors (Lipinski definition) is 3. The predicted octanol–water partition coefficient (Wildman–Crippen LogP) is 3.35. The molecule has 8 heteroatoms. The van der Waals surface area contributed by atoms with Gasteiger partial charge in [0.25, 0.3) is 0 Å². The topological polar surface area (TPSA) is 126 Å². The summed E-state index contributed by atoms with van der Waals surface area (Å²) in [7, 11) is 0. The predicted molar refractivity (Wildman–Crippen MR) is 130 cm³/mol. The monoisotopic (exact) mass is 466 g/mol. The summed E-state index contributed by atoms with van der Waals surface area (Å²) in [5, 5.41) is 11.8. The van der Waals surface area contributed by atoms with Gasteiger partial charge in [-0.1, -0.05) is 43.7 Å². The molecule has 3 amide bonds. The van der Waals surface area contributed by atoms with Crippen LogP contribution >= 0.6 is 0 Å². The van der Waals surface area contributed by atoms with Crippen LogP contribution in [0.1, 0.15) is 54.8 Å². The first-order valence-corrected chi connectivity index (χ1v) is 11.7. The van der Waals surface area contributed by atoms with Crippen LogP contribution in [0.5, 0.6) is 0 Å². The van der Waals surface area contributed by atoms with Crippen LogP contribution in [0.3, 0.4) is 0 Å². The molecule has 1 atom stereocenters. The summed E-state index contributed by atoms with van der Waals surface area (Å²) in [5.74, 6) is -0.346. The summed E-state index contributed by atoms with van der Waals surface area (Å²) < 4.78 is 0. The lowest BCUT2D eigenvalue weighted by molar-refractivity contribution is -0.136. The SMILES string of the molecule is Cc1ccc(-c2c(CC(=O)N3CCC[C@H]3C(N)=O)c(C)nc(CC(C)C)c2CNC(=O)O)cc1. The van der Waals surface area contributed by atoms with Gasteiger partial charge in [0.1, 0.15) is 6.04 Å². The Labute approximate surface area is 200 Å². The van der Waals surface area contributed by atoms with Crippen LogP contribution in [0.15, 0.2) is 24.3 Å². The highest BCUT2D eigenvalue weighted by atomic mass is 16.4. The van der Waals surface area contributed by atoms with E-state index in [4.69, 9.17) is 10.7 Å². The second-order valence-electron chi connectivity index (χ2n) is 9.42. The number of likely N-dealkylation sites (tertiary alicyclic amines) is 1. The molecule has 3 rings (SSSR count). The lowest BCUT2D eigenvalue weighted by atomic mass is 9.88. The molecule has 1 aliphatic heterocycles. The number of aryl methyl sites for hydroxylation is 2. The van der Waals surface area contributed by atoms with E-state index in [1.54, 1.807) is 4.90 Å². The van der Waals surface area contributed by atoms with Crippen LogP contribution in [0.25, 0.3) is 11.1 Å². The smallest absolute Gasteiger partial charge is 0.404 e. The second kappa shape index (κ2) is 10.7. The van der Waals surface area contributed by atoms with E-state index in [-0.39, 0.29) is 18.9 Å². The van der Waals surface area contributed by atoms with Crippen LogP contribution in [-0.2, 0) is 29.0 Å². The molecular formula is C26H34N4O4. The third kappa shape index (κ3) is 5.73. The third-order valence-corrected chi connectivity index (χ3v) is 6.28. The Morgan fingerprint density at radius 2 is 1.85 bits per heavy atom. The Hall–Kier alpha value is -3.42. The Bertz CT molecular complexity index is 1080. The number of rotatable bonds is 8. The van der Waals surface area contributed by atoms with Crippen LogP contribution in [0.2, 0.25) is 0 Å². The van der Waals surface area contributed by atoms with Crippen LogP contribution in [0.4, 0.5) is 4.79 Å². The van der Waals surface area contributed by atoms with Crippen molar-refractivity contribution in [3.8, 4) is 11.1 Å². The van der Waals surface area contributed by atoms with E-state index in [0.29, 0.717) is 25.3 Å². The van der Waals surface area contributed by atoms with Gasteiger partial charge in [0, 0.05) is 30.0 Å². The number of nitrogens with one attached hydrogen (secondary N) is 1. The lowest BCUT2D eigenvalue weighted by Crippen LogP contribution is -2.44. The number of carboxylic acid groups (broad SMARTS) is 1. The summed E-state index contributed by atoms with van der Waals surface area (Å²) in [4.78, 5) is 43.0. The number of aromatic nitrogens is 1. The number of nitrogens with two attached hydrogens (primary N) is 1. The number of pyridine rings is 1. The minimum absolute atomic E-state index is 0.0633. The Kier molecular flexibility index (Phi) is 7.91. The van der Waals surface area contributed by atoms with E-state index in [1.807, 2.05) is 38.1 Å². The lowest BCUT2D eigenvalue weighted by Gasteiger charge is -2.25. The number of carbonyl (C=O) groups excluding carboxylic acids is 2. The van der Waals surface area contributed by atoms with Gasteiger partial charge in [-0.15, -0.1) is 0 Å². The van der Waals surface area contributed by atoms with Crippen molar-refractivity contribution in [3.63, 3.8) is 0 Å². The fourth-order valence-corrected chi connectivity index (χ4v) is 4.65. The van der Waals surface area contributed by atoms with Crippen molar-refractivity contribution in [1.82, 2.24) is 15.2 Å². The van der Waals surface area contributed by atoms with E-state index in [1.165, 1.54) is 0 Å². The first-order valence-electron chi connectivity index (χ1n) is 11.7. The second-order valence-corrected chi connectivity index (χ2v) is 9.42. The van der Waals surface area contributed by atoms with Gasteiger partial charge in [-0.25, -0.2) is 4.79 Å². The van der Waals surface area contributed by atoms with Gasteiger partial charge in [-0.2, -0.15) is 0 Å². The van der Waals surface area contributed by atoms with Gasteiger partial charge in [0.05, 0.1) is 6.42 Å². The zero-order chi connectivity index (χ0) is 25.0. The number of hydrogen-bond acceptors (Lipinski definition) is 4. The normalized spacial score (nSPS) is 15.6. The molecule has 1 aromatic carbocycles. The van der Waals surface area contributed by atoms with Crippen molar-refractivity contribution in [3.05, 3.63) is 52.3 Å². The van der Waals surface area contributed by atoms with E-state index in [9.17, 15) is 19.5 Å². The van der Waals surface area contributed by atoms with Gasteiger partial charge < -0.3 is 21.1 Å². The quantitative estimate of drug-likeness (QED) is 0.550. The van der Waals surface area contributed by atoms with E-state index >= 15 is 0 Å². The van der Waals surface area contributed by atoms with Gasteiger partial charge in [-0.3, -0.25) is 14.6 Å². The highest BCUT2D eigenvalue weighted by Gasteiger charge is 2.33. The molecule has 0 bridgehead atoms. The van der Waals surface area contributed by atoms with Gasteiger partial charge >= 0.3 is 6.09 Å². The van der Waals surface area contributed by atoms with Crippen LogP contribution < -0.4 is 11.1 Å². The minimum Gasteiger partial charge on any atom is -0.465 e. The molecule has 0 radical (unpaired) electrons. The average molecular weight is 467 g/mol. The molecule has 0 aliphatic carbocycles. The molecule has 4 N–H and O–H groups in total. The van der Waals surface area contributed by atoms with Crippen molar-refractivity contribution in [2.24, 2.45) is 11.7 Å². The first kappa shape index (κ1) is 25.2. The van der Waals surface area contributed by atoms with Crippen molar-refractivity contribution in [1.29, 1.82) is 0 Å². The third-order valence-electron chi connectivity index (χ3n) is 6.28. The van der Waals surface area contributed by atoms with E-state index in [0.717, 1.165) is 45.6 Å². The van der Waals surface area contributed by atoms with Crippen molar-refractivity contribution in [2.45, 2.75) is 66.0 Å². The minimum atomic E-state index is -1.12. The zero-order valence-electron chi connectivity index (χ0n) is 20.4. The molecule has 182 valence electrons. The number of primary amides is 1. The maximum atomic E-state index is 13.3. The van der Waals surface area contributed by atoms with E-state index in [2.05, 4.69) is 19.2 Å². The Balaban J connectivity index is 2.16. The molecule has 2 aromatic rings. The number of nitrogens with zero attached hydrogens (tertiary/aromatic N) is 2. The standard InChI is InChI=1S/C26H34N4O4/c1-15(2)12-21-20(14-28-26(33)34)24(18-9-7-16(3)8-10-18)19(17(4)29-21)13-23(31)30-11-5-6-22(30)25(27)32/h7-10,15,22,28H,5-6,11-14H2,1-4H3,(H2,27,32)(H,33,34)/t22-/m0/s1. The summed E-state index contributed by atoms with van der Waals surface area (Å²) in [6.45, 7) is 8.65.